The molecule has 1 heterocycles. The van der Waals surface area contributed by atoms with E-state index in [0.29, 0.717) is 17.9 Å². The summed E-state index contributed by atoms with van der Waals surface area (Å²) >= 11 is 6.11. The Balaban J connectivity index is 1.91. The molecule has 1 aliphatic carbocycles. The van der Waals surface area contributed by atoms with Crippen molar-refractivity contribution in [3.63, 3.8) is 0 Å². The van der Waals surface area contributed by atoms with Crippen LogP contribution in [0.15, 0.2) is 24.5 Å². The number of hydrogen-bond donors (Lipinski definition) is 1. The van der Waals surface area contributed by atoms with E-state index < -0.39 is 0 Å². The summed E-state index contributed by atoms with van der Waals surface area (Å²) in [6.07, 6.45) is 8.39. The number of hydrogen-bond acceptors (Lipinski definition) is 4. The zero-order chi connectivity index (χ0) is 16.4. The van der Waals surface area contributed by atoms with Crippen molar-refractivity contribution in [2.75, 3.05) is 14.2 Å². The van der Waals surface area contributed by atoms with Gasteiger partial charge in [-0.25, -0.2) is 4.98 Å². The van der Waals surface area contributed by atoms with Crippen LogP contribution in [0, 0.1) is 0 Å². The zero-order valence-electron chi connectivity index (χ0n) is 13.3. The van der Waals surface area contributed by atoms with Crippen LogP contribution in [-0.4, -0.2) is 35.0 Å². The summed E-state index contributed by atoms with van der Waals surface area (Å²) in [7, 11) is 3.28. The topological polar surface area (TPSA) is 56.5 Å². The van der Waals surface area contributed by atoms with Gasteiger partial charge >= 0.3 is 0 Å². The Labute approximate surface area is 140 Å². The van der Waals surface area contributed by atoms with Crippen molar-refractivity contribution in [1.82, 2.24) is 9.55 Å². The van der Waals surface area contributed by atoms with Crippen LogP contribution in [0.2, 0.25) is 5.02 Å². The van der Waals surface area contributed by atoms with Crippen LogP contribution < -0.4 is 4.74 Å². The molecule has 0 unspecified atom stereocenters. The third-order valence-corrected chi connectivity index (χ3v) is 4.83. The Morgan fingerprint density at radius 2 is 1.96 bits per heavy atom. The van der Waals surface area contributed by atoms with Gasteiger partial charge in [0.15, 0.2) is 11.5 Å². The normalized spacial score (nSPS) is 21.3. The number of phenolic OH excluding ortho intramolecular Hbond substituents is 1. The first-order valence-electron chi connectivity index (χ1n) is 7.76. The lowest BCUT2D eigenvalue weighted by Gasteiger charge is -2.29. The summed E-state index contributed by atoms with van der Waals surface area (Å²) in [5.41, 5.74) is 0.837. The van der Waals surface area contributed by atoms with Crippen LogP contribution in [-0.2, 0) is 4.74 Å². The van der Waals surface area contributed by atoms with E-state index in [9.17, 15) is 5.11 Å². The quantitative estimate of drug-likeness (QED) is 0.915. The SMILES string of the molecule is COc1cc(-c2nccn2C2CCC(OC)CC2)cc(Cl)c1O. The Bertz CT molecular complexity index is 678. The lowest BCUT2D eigenvalue weighted by molar-refractivity contribution is 0.0586. The minimum Gasteiger partial charge on any atom is -0.503 e. The number of methoxy groups -OCH3 is 2. The van der Waals surface area contributed by atoms with Crippen molar-refractivity contribution >= 4 is 11.6 Å². The molecule has 0 radical (unpaired) electrons. The second kappa shape index (κ2) is 6.81. The molecule has 3 rings (SSSR count). The van der Waals surface area contributed by atoms with E-state index in [1.54, 1.807) is 25.4 Å². The van der Waals surface area contributed by atoms with Crippen molar-refractivity contribution in [2.24, 2.45) is 0 Å². The van der Waals surface area contributed by atoms with Gasteiger partial charge in [-0.15, -0.1) is 0 Å². The highest BCUT2D eigenvalue weighted by atomic mass is 35.5. The molecule has 124 valence electrons. The first-order valence-corrected chi connectivity index (χ1v) is 8.14. The molecule has 23 heavy (non-hydrogen) atoms. The van der Waals surface area contributed by atoms with Gasteiger partial charge in [-0.2, -0.15) is 0 Å². The van der Waals surface area contributed by atoms with Crippen molar-refractivity contribution in [3.05, 3.63) is 29.5 Å². The minimum absolute atomic E-state index is 0.0448. The maximum atomic E-state index is 9.90. The smallest absolute Gasteiger partial charge is 0.176 e. The maximum Gasteiger partial charge on any atom is 0.176 e. The van der Waals surface area contributed by atoms with Gasteiger partial charge in [-0.1, -0.05) is 11.6 Å². The van der Waals surface area contributed by atoms with Crippen LogP contribution in [0.25, 0.3) is 11.4 Å². The molecule has 0 saturated heterocycles. The average molecular weight is 337 g/mol. The standard InChI is InChI=1S/C17H21ClN2O3/c1-22-13-5-3-12(4-6-13)20-8-7-19-17(20)11-9-14(18)16(21)15(10-11)23-2/h7-10,12-13,21H,3-6H2,1-2H3. The zero-order valence-corrected chi connectivity index (χ0v) is 14.1. The predicted octanol–water partition coefficient (Wildman–Crippen LogP) is 4.05. The van der Waals surface area contributed by atoms with Crippen molar-refractivity contribution in [2.45, 2.75) is 37.8 Å². The molecular weight excluding hydrogens is 316 g/mol. The lowest BCUT2D eigenvalue weighted by atomic mass is 9.92. The molecule has 1 N–H and O–H groups in total. The molecule has 1 aromatic heterocycles. The summed E-state index contributed by atoms with van der Waals surface area (Å²) < 4.78 is 12.8. The fraction of sp³-hybridized carbons (Fsp3) is 0.471. The number of aromatic nitrogens is 2. The van der Waals surface area contributed by atoms with Crippen molar-refractivity contribution in [1.29, 1.82) is 0 Å². The van der Waals surface area contributed by atoms with Gasteiger partial charge in [0.05, 0.1) is 18.2 Å². The van der Waals surface area contributed by atoms with Crippen LogP contribution in [0.1, 0.15) is 31.7 Å². The van der Waals surface area contributed by atoms with Crippen molar-refractivity contribution < 1.29 is 14.6 Å². The summed E-state index contributed by atoms with van der Waals surface area (Å²) in [6.45, 7) is 0. The Morgan fingerprint density at radius 1 is 1.22 bits per heavy atom. The van der Waals surface area contributed by atoms with Crippen LogP contribution in [0.5, 0.6) is 11.5 Å². The number of phenols is 1. The number of halogens is 1. The average Bonchev–Trinajstić information content (AvgIpc) is 3.07. The third kappa shape index (κ3) is 3.16. The van der Waals surface area contributed by atoms with Gasteiger partial charge in [0.1, 0.15) is 5.82 Å². The van der Waals surface area contributed by atoms with E-state index in [-0.39, 0.29) is 10.8 Å². The highest BCUT2D eigenvalue weighted by Gasteiger charge is 2.24. The van der Waals surface area contributed by atoms with Gasteiger partial charge < -0.3 is 19.1 Å². The fourth-order valence-electron chi connectivity index (χ4n) is 3.25. The summed E-state index contributed by atoms with van der Waals surface area (Å²) in [5, 5.41) is 10.2. The third-order valence-electron chi connectivity index (χ3n) is 4.55. The van der Waals surface area contributed by atoms with Gasteiger partial charge in [-0.3, -0.25) is 0 Å². The van der Waals surface area contributed by atoms with Crippen LogP contribution in [0.4, 0.5) is 0 Å². The van der Waals surface area contributed by atoms with E-state index in [2.05, 4.69) is 9.55 Å². The molecule has 0 atom stereocenters. The predicted molar refractivity (Wildman–Crippen MR) is 89.2 cm³/mol. The Hall–Kier alpha value is -1.72. The lowest BCUT2D eigenvalue weighted by Crippen LogP contribution is -2.22. The second-order valence-corrected chi connectivity index (χ2v) is 6.24. The summed E-state index contributed by atoms with van der Waals surface area (Å²) in [6, 6.07) is 3.89. The van der Waals surface area contributed by atoms with E-state index in [4.69, 9.17) is 21.1 Å². The highest BCUT2D eigenvalue weighted by molar-refractivity contribution is 6.32. The molecular formula is C17H21ClN2O3. The molecule has 1 fully saturated rings. The van der Waals surface area contributed by atoms with E-state index in [0.717, 1.165) is 37.1 Å². The Morgan fingerprint density at radius 3 is 2.61 bits per heavy atom. The number of imidazole rings is 1. The number of benzene rings is 1. The van der Waals surface area contributed by atoms with Gasteiger partial charge in [0.25, 0.3) is 0 Å². The fourth-order valence-corrected chi connectivity index (χ4v) is 3.46. The molecule has 0 amide bonds. The van der Waals surface area contributed by atoms with Crippen molar-refractivity contribution in [3.8, 4) is 22.9 Å². The van der Waals surface area contributed by atoms with Gasteiger partial charge in [0, 0.05) is 31.1 Å². The monoisotopic (exact) mass is 336 g/mol. The molecule has 0 bridgehead atoms. The van der Waals surface area contributed by atoms with E-state index >= 15 is 0 Å². The van der Waals surface area contributed by atoms with Crippen LogP contribution in [0.3, 0.4) is 0 Å². The molecule has 0 spiro atoms. The summed E-state index contributed by atoms with van der Waals surface area (Å²) in [4.78, 5) is 4.48. The number of aromatic hydroxyl groups is 1. The molecule has 0 aliphatic heterocycles. The molecule has 5 nitrogen and oxygen atoms in total. The van der Waals surface area contributed by atoms with E-state index in [1.807, 2.05) is 6.20 Å². The van der Waals surface area contributed by atoms with Gasteiger partial charge in [-0.05, 0) is 37.8 Å². The second-order valence-electron chi connectivity index (χ2n) is 5.83. The molecule has 1 aliphatic rings. The van der Waals surface area contributed by atoms with Gasteiger partial charge in [0.2, 0.25) is 0 Å². The minimum atomic E-state index is -0.0448. The first kappa shape index (κ1) is 16.1. The molecule has 1 aromatic carbocycles. The highest BCUT2D eigenvalue weighted by Crippen LogP contribution is 2.39. The number of nitrogens with zero attached hydrogens (tertiary/aromatic N) is 2. The molecule has 1 saturated carbocycles. The molecule has 2 aromatic rings. The number of ether oxygens (including phenoxy) is 2. The largest absolute Gasteiger partial charge is 0.503 e. The number of rotatable bonds is 4. The molecule has 6 heteroatoms. The van der Waals surface area contributed by atoms with Crippen LogP contribution >= 0.6 is 11.6 Å². The van der Waals surface area contributed by atoms with E-state index in [1.165, 1.54) is 7.11 Å². The first-order chi connectivity index (χ1) is 11.1. The Kier molecular flexibility index (Phi) is 4.78. The maximum absolute atomic E-state index is 9.90. The summed E-state index contributed by atoms with van der Waals surface area (Å²) in [5.74, 6) is 1.15.